The maximum absolute atomic E-state index is 13.3. The lowest BCUT2D eigenvalue weighted by Crippen LogP contribution is -2.01. The zero-order valence-corrected chi connectivity index (χ0v) is 7.52. The quantitative estimate of drug-likeness (QED) is 0.707. The van der Waals surface area contributed by atoms with Gasteiger partial charge >= 0.3 is 0 Å². The normalized spacial score (nSPS) is 10.3. The predicted molar refractivity (Wildman–Crippen MR) is 48.9 cm³/mol. The molecule has 0 N–H and O–H groups in total. The highest BCUT2D eigenvalue weighted by Crippen LogP contribution is 2.16. The standard InChI is InChI=1S/C10H6F2N2O/c11-8-2-1-3-9(12)10(8)14-5-7(6-15)4-13-14/h1-6H. The number of carbonyl (C=O) groups excluding carboxylic acids is 1. The van der Waals surface area contributed by atoms with E-state index in [4.69, 9.17) is 0 Å². The van der Waals surface area contributed by atoms with Crippen molar-refractivity contribution in [2.24, 2.45) is 0 Å². The zero-order chi connectivity index (χ0) is 10.8. The third-order valence-corrected chi connectivity index (χ3v) is 1.91. The molecule has 0 radical (unpaired) electrons. The Kier molecular flexibility index (Phi) is 2.29. The molecule has 1 heterocycles. The van der Waals surface area contributed by atoms with Crippen molar-refractivity contribution < 1.29 is 13.6 Å². The van der Waals surface area contributed by atoms with E-state index < -0.39 is 11.6 Å². The summed E-state index contributed by atoms with van der Waals surface area (Å²) in [5.74, 6) is -1.45. The molecule has 0 aliphatic carbocycles. The highest BCUT2D eigenvalue weighted by molar-refractivity contribution is 5.73. The number of hydrogen-bond donors (Lipinski definition) is 0. The second-order valence-corrected chi connectivity index (χ2v) is 2.91. The van der Waals surface area contributed by atoms with E-state index in [1.807, 2.05) is 0 Å². The summed E-state index contributed by atoms with van der Waals surface area (Å²) in [6.45, 7) is 0. The second kappa shape index (κ2) is 3.61. The highest BCUT2D eigenvalue weighted by atomic mass is 19.1. The summed E-state index contributed by atoms with van der Waals surface area (Å²) < 4.78 is 27.5. The lowest BCUT2D eigenvalue weighted by molar-refractivity contribution is 0.112. The number of para-hydroxylation sites is 1. The molecule has 0 aliphatic heterocycles. The molecule has 5 heteroatoms. The highest BCUT2D eigenvalue weighted by Gasteiger charge is 2.11. The van der Waals surface area contributed by atoms with Gasteiger partial charge in [-0.25, -0.2) is 13.5 Å². The van der Waals surface area contributed by atoms with E-state index in [0.29, 0.717) is 6.29 Å². The van der Waals surface area contributed by atoms with Gasteiger partial charge in [0.2, 0.25) is 0 Å². The first-order chi connectivity index (χ1) is 7.22. The maximum atomic E-state index is 13.3. The molecule has 0 atom stereocenters. The van der Waals surface area contributed by atoms with Crippen molar-refractivity contribution in [2.75, 3.05) is 0 Å². The van der Waals surface area contributed by atoms with E-state index in [2.05, 4.69) is 5.10 Å². The zero-order valence-electron chi connectivity index (χ0n) is 7.52. The SMILES string of the molecule is O=Cc1cnn(-c2c(F)cccc2F)c1. The summed E-state index contributed by atoms with van der Waals surface area (Å²) in [7, 11) is 0. The smallest absolute Gasteiger partial charge is 0.153 e. The lowest BCUT2D eigenvalue weighted by atomic mass is 10.3. The van der Waals surface area contributed by atoms with Gasteiger partial charge in [-0.15, -0.1) is 0 Å². The third kappa shape index (κ3) is 1.63. The van der Waals surface area contributed by atoms with Crippen LogP contribution >= 0.6 is 0 Å². The number of rotatable bonds is 2. The Morgan fingerprint density at radius 3 is 2.47 bits per heavy atom. The van der Waals surface area contributed by atoms with Crippen LogP contribution in [-0.2, 0) is 0 Å². The molecule has 76 valence electrons. The number of benzene rings is 1. The van der Waals surface area contributed by atoms with E-state index in [0.717, 1.165) is 16.8 Å². The largest absolute Gasteiger partial charge is 0.298 e. The minimum Gasteiger partial charge on any atom is -0.298 e. The number of nitrogens with zero attached hydrogens (tertiary/aromatic N) is 2. The summed E-state index contributed by atoms with van der Waals surface area (Å²) in [5.41, 5.74) is -0.0248. The van der Waals surface area contributed by atoms with Crippen molar-refractivity contribution in [3.05, 3.63) is 47.8 Å². The molecule has 1 aromatic heterocycles. The van der Waals surface area contributed by atoms with Crippen LogP contribution in [-0.4, -0.2) is 16.1 Å². The lowest BCUT2D eigenvalue weighted by Gasteiger charge is -2.03. The Bertz CT molecular complexity index is 488. The van der Waals surface area contributed by atoms with Crippen molar-refractivity contribution in [3.8, 4) is 5.69 Å². The second-order valence-electron chi connectivity index (χ2n) is 2.91. The van der Waals surface area contributed by atoms with E-state index in [1.54, 1.807) is 0 Å². The fraction of sp³-hybridized carbons (Fsp3) is 0. The predicted octanol–water partition coefficient (Wildman–Crippen LogP) is 1.96. The molecule has 3 nitrogen and oxygen atoms in total. The Morgan fingerprint density at radius 2 is 1.93 bits per heavy atom. The van der Waals surface area contributed by atoms with Crippen molar-refractivity contribution in [3.63, 3.8) is 0 Å². The van der Waals surface area contributed by atoms with Gasteiger partial charge in [-0.1, -0.05) is 6.07 Å². The first-order valence-electron chi connectivity index (χ1n) is 4.16. The van der Waals surface area contributed by atoms with E-state index in [9.17, 15) is 13.6 Å². The van der Waals surface area contributed by atoms with Crippen LogP contribution in [0.1, 0.15) is 10.4 Å². The monoisotopic (exact) mass is 208 g/mol. The van der Waals surface area contributed by atoms with Crippen molar-refractivity contribution >= 4 is 6.29 Å². The molecule has 0 fully saturated rings. The molecule has 0 saturated carbocycles. The number of aromatic nitrogens is 2. The molecule has 0 aliphatic rings. The average Bonchev–Trinajstić information content (AvgIpc) is 2.66. The summed E-state index contributed by atoms with van der Waals surface area (Å²) in [6, 6.07) is 3.51. The van der Waals surface area contributed by atoms with Crippen molar-refractivity contribution in [2.45, 2.75) is 0 Å². The van der Waals surface area contributed by atoms with Crippen LogP contribution < -0.4 is 0 Å². The Morgan fingerprint density at radius 1 is 1.27 bits per heavy atom. The Balaban J connectivity index is 2.58. The van der Waals surface area contributed by atoms with Crippen molar-refractivity contribution in [1.29, 1.82) is 0 Å². The molecular weight excluding hydrogens is 202 g/mol. The molecule has 0 spiro atoms. The fourth-order valence-corrected chi connectivity index (χ4v) is 1.23. The van der Waals surface area contributed by atoms with E-state index in [1.165, 1.54) is 18.5 Å². The van der Waals surface area contributed by atoms with Gasteiger partial charge in [0.1, 0.15) is 5.69 Å². The van der Waals surface area contributed by atoms with Crippen molar-refractivity contribution in [1.82, 2.24) is 9.78 Å². The molecule has 0 unspecified atom stereocenters. The molecule has 2 rings (SSSR count). The van der Waals surface area contributed by atoms with Gasteiger partial charge in [-0.05, 0) is 12.1 Å². The molecule has 1 aromatic carbocycles. The number of aldehydes is 1. The van der Waals surface area contributed by atoms with Gasteiger partial charge in [0.05, 0.1) is 11.8 Å². The minimum atomic E-state index is -0.726. The summed E-state index contributed by atoms with van der Waals surface area (Å²) in [4.78, 5) is 10.4. The van der Waals surface area contributed by atoms with Crippen LogP contribution in [0.2, 0.25) is 0 Å². The average molecular weight is 208 g/mol. The van der Waals surface area contributed by atoms with Crippen LogP contribution in [0.3, 0.4) is 0 Å². The summed E-state index contributed by atoms with van der Waals surface area (Å²) >= 11 is 0. The molecular formula is C10H6F2N2O. The number of carbonyl (C=O) groups is 1. The van der Waals surface area contributed by atoms with Crippen LogP contribution in [0.5, 0.6) is 0 Å². The molecule has 0 amide bonds. The minimum absolute atomic E-state index is 0.262. The molecule has 0 saturated heterocycles. The van der Waals surface area contributed by atoms with Crippen LogP contribution in [0.4, 0.5) is 8.78 Å². The molecule has 15 heavy (non-hydrogen) atoms. The van der Waals surface area contributed by atoms with Crippen LogP contribution in [0, 0.1) is 11.6 Å². The van der Waals surface area contributed by atoms with Gasteiger partial charge in [0.25, 0.3) is 0 Å². The van der Waals surface area contributed by atoms with Crippen LogP contribution in [0.15, 0.2) is 30.6 Å². The van der Waals surface area contributed by atoms with E-state index in [-0.39, 0.29) is 11.3 Å². The molecule has 0 bridgehead atoms. The van der Waals surface area contributed by atoms with Gasteiger partial charge < -0.3 is 0 Å². The summed E-state index contributed by atoms with van der Waals surface area (Å²) in [6.07, 6.45) is 3.05. The van der Waals surface area contributed by atoms with Crippen LogP contribution in [0.25, 0.3) is 5.69 Å². The van der Waals surface area contributed by atoms with Gasteiger partial charge in [0.15, 0.2) is 17.9 Å². The molecule has 2 aromatic rings. The van der Waals surface area contributed by atoms with Gasteiger partial charge in [0, 0.05) is 6.20 Å². The Hall–Kier alpha value is -2.04. The first kappa shape index (κ1) is 9.51. The Labute approximate surface area is 84.0 Å². The first-order valence-corrected chi connectivity index (χ1v) is 4.16. The maximum Gasteiger partial charge on any atom is 0.153 e. The number of hydrogen-bond acceptors (Lipinski definition) is 2. The van der Waals surface area contributed by atoms with Gasteiger partial charge in [-0.3, -0.25) is 4.79 Å². The van der Waals surface area contributed by atoms with Gasteiger partial charge in [-0.2, -0.15) is 5.10 Å². The topological polar surface area (TPSA) is 34.9 Å². The fourth-order valence-electron chi connectivity index (χ4n) is 1.23. The number of halogens is 2. The van der Waals surface area contributed by atoms with E-state index >= 15 is 0 Å². The third-order valence-electron chi connectivity index (χ3n) is 1.91. The summed E-state index contributed by atoms with van der Waals surface area (Å²) in [5, 5.41) is 3.68.